The van der Waals surface area contributed by atoms with Crippen LogP contribution in [0, 0.1) is 0 Å². The van der Waals surface area contributed by atoms with E-state index in [4.69, 9.17) is 11.6 Å². The third-order valence-corrected chi connectivity index (χ3v) is 3.29. The minimum atomic E-state index is -0.0952. The highest BCUT2D eigenvalue weighted by Crippen LogP contribution is 2.16. The van der Waals surface area contributed by atoms with Crippen molar-refractivity contribution in [3.05, 3.63) is 83.0 Å². The van der Waals surface area contributed by atoms with Crippen molar-refractivity contribution >= 4 is 29.7 Å². The Labute approximate surface area is 130 Å². The molecule has 1 amide bonds. The van der Waals surface area contributed by atoms with Crippen molar-refractivity contribution in [1.82, 2.24) is 4.90 Å². The number of nitrogens with zero attached hydrogens (tertiary/aromatic N) is 1. The van der Waals surface area contributed by atoms with Crippen molar-refractivity contribution in [3.8, 4) is 0 Å². The SMILES string of the molecule is CN(/C=C\c1ccccc1Cl)C(=O)C=Cc1ccccc1. The van der Waals surface area contributed by atoms with Gasteiger partial charge in [-0.25, -0.2) is 0 Å². The molecule has 3 heteroatoms. The summed E-state index contributed by atoms with van der Waals surface area (Å²) >= 11 is 6.06. The van der Waals surface area contributed by atoms with Crippen LogP contribution in [0.4, 0.5) is 0 Å². The zero-order valence-corrected chi connectivity index (χ0v) is 12.5. The molecule has 0 aliphatic carbocycles. The van der Waals surface area contributed by atoms with Gasteiger partial charge < -0.3 is 4.90 Å². The summed E-state index contributed by atoms with van der Waals surface area (Å²) in [6.45, 7) is 0. The highest BCUT2D eigenvalue weighted by Gasteiger charge is 2.01. The lowest BCUT2D eigenvalue weighted by molar-refractivity contribution is -0.122. The molecule has 0 radical (unpaired) electrons. The highest BCUT2D eigenvalue weighted by atomic mass is 35.5. The number of carbonyl (C=O) groups excluding carboxylic acids is 1. The average Bonchev–Trinajstić information content (AvgIpc) is 2.52. The van der Waals surface area contributed by atoms with E-state index < -0.39 is 0 Å². The summed E-state index contributed by atoms with van der Waals surface area (Å²) in [7, 11) is 1.71. The normalized spacial score (nSPS) is 11.1. The molecule has 2 rings (SSSR count). The van der Waals surface area contributed by atoms with Gasteiger partial charge in [0.15, 0.2) is 0 Å². The number of carbonyl (C=O) groups is 1. The molecule has 2 nitrogen and oxygen atoms in total. The molecule has 2 aromatic rings. The Hall–Kier alpha value is -2.32. The summed E-state index contributed by atoms with van der Waals surface area (Å²) in [6, 6.07) is 17.2. The third kappa shape index (κ3) is 4.62. The molecular weight excluding hydrogens is 282 g/mol. The van der Waals surface area contributed by atoms with Gasteiger partial charge in [-0.1, -0.05) is 60.1 Å². The minimum absolute atomic E-state index is 0.0952. The average molecular weight is 298 g/mol. The van der Waals surface area contributed by atoms with E-state index in [2.05, 4.69) is 0 Å². The van der Waals surface area contributed by atoms with E-state index in [1.54, 1.807) is 25.4 Å². The Morgan fingerprint density at radius 2 is 1.67 bits per heavy atom. The number of halogens is 1. The summed E-state index contributed by atoms with van der Waals surface area (Å²) in [6.07, 6.45) is 6.86. The Morgan fingerprint density at radius 3 is 2.38 bits per heavy atom. The lowest BCUT2D eigenvalue weighted by Gasteiger charge is -2.08. The second-order valence-corrected chi connectivity index (χ2v) is 4.94. The van der Waals surface area contributed by atoms with Gasteiger partial charge in [0.2, 0.25) is 5.91 Å². The van der Waals surface area contributed by atoms with Crippen LogP contribution in [0.3, 0.4) is 0 Å². The number of likely N-dealkylation sites (N-methyl/N-ethyl adjacent to an activating group) is 1. The third-order valence-electron chi connectivity index (χ3n) is 2.95. The molecule has 0 aliphatic rings. The van der Waals surface area contributed by atoms with E-state index in [1.807, 2.05) is 60.7 Å². The van der Waals surface area contributed by atoms with Crippen molar-refractivity contribution in [1.29, 1.82) is 0 Å². The maximum Gasteiger partial charge on any atom is 0.250 e. The molecule has 0 saturated heterocycles. The molecule has 0 N–H and O–H groups in total. The molecule has 106 valence electrons. The molecule has 0 aliphatic heterocycles. The molecule has 0 unspecified atom stereocenters. The number of benzene rings is 2. The van der Waals surface area contributed by atoms with Crippen LogP contribution >= 0.6 is 11.6 Å². The molecule has 0 aromatic heterocycles. The van der Waals surface area contributed by atoms with Gasteiger partial charge in [0, 0.05) is 24.3 Å². The number of amides is 1. The second kappa shape index (κ2) is 7.46. The van der Waals surface area contributed by atoms with E-state index in [9.17, 15) is 4.79 Å². The van der Waals surface area contributed by atoms with Crippen LogP contribution in [0.5, 0.6) is 0 Å². The van der Waals surface area contributed by atoms with Crippen LogP contribution in [-0.2, 0) is 4.79 Å². The molecule has 0 spiro atoms. The number of hydrogen-bond donors (Lipinski definition) is 0. The first-order chi connectivity index (χ1) is 10.2. The fraction of sp³-hybridized carbons (Fsp3) is 0.0556. The summed E-state index contributed by atoms with van der Waals surface area (Å²) in [5, 5.41) is 0.662. The van der Waals surface area contributed by atoms with Crippen molar-refractivity contribution in [2.75, 3.05) is 7.05 Å². The van der Waals surface area contributed by atoms with Crippen LogP contribution in [0.15, 0.2) is 66.9 Å². The molecular formula is C18H16ClNO. The Balaban J connectivity index is 2.00. The quantitative estimate of drug-likeness (QED) is 0.762. The maximum atomic E-state index is 12.0. The van der Waals surface area contributed by atoms with Gasteiger partial charge in [-0.15, -0.1) is 0 Å². The summed E-state index contributed by atoms with van der Waals surface area (Å²) in [5.41, 5.74) is 1.88. The van der Waals surface area contributed by atoms with Crippen LogP contribution in [0.2, 0.25) is 5.02 Å². The molecule has 0 bridgehead atoms. The Morgan fingerprint density at radius 1 is 1.00 bits per heavy atom. The van der Waals surface area contributed by atoms with Gasteiger partial charge >= 0.3 is 0 Å². The van der Waals surface area contributed by atoms with E-state index in [1.165, 1.54) is 4.90 Å². The van der Waals surface area contributed by atoms with Crippen LogP contribution < -0.4 is 0 Å². The van der Waals surface area contributed by atoms with E-state index in [-0.39, 0.29) is 5.91 Å². The second-order valence-electron chi connectivity index (χ2n) is 4.53. The maximum absolute atomic E-state index is 12.0. The summed E-state index contributed by atoms with van der Waals surface area (Å²) in [5.74, 6) is -0.0952. The predicted molar refractivity (Wildman–Crippen MR) is 88.7 cm³/mol. The Bertz CT molecular complexity index is 662. The zero-order valence-electron chi connectivity index (χ0n) is 11.7. The summed E-state index contributed by atoms with van der Waals surface area (Å²) < 4.78 is 0. The van der Waals surface area contributed by atoms with Gasteiger partial charge in [-0.05, 0) is 29.3 Å². The van der Waals surface area contributed by atoms with Crippen molar-refractivity contribution < 1.29 is 4.79 Å². The van der Waals surface area contributed by atoms with E-state index in [0.717, 1.165) is 11.1 Å². The number of hydrogen-bond acceptors (Lipinski definition) is 1. The monoisotopic (exact) mass is 297 g/mol. The molecule has 0 saturated carbocycles. The topological polar surface area (TPSA) is 20.3 Å². The van der Waals surface area contributed by atoms with Crippen molar-refractivity contribution in [2.45, 2.75) is 0 Å². The Kier molecular flexibility index (Phi) is 5.35. The van der Waals surface area contributed by atoms with Crippen LogP contribution in [0.25, 0.3) is 12.2 Å². The molecule has 21 heavy (non-hydrogen) atoms. The first-order valence-electron chi connectivity index (χ1n) is 6.59. The van der Waals surface area contributed by atoms with Crippen molar-refractivity contribution in [2.24, 2.45) is 0 Å². The highest BCUT2D eigenvalue weighted by molar-refractivity contribution is 6.32. The fourth-order valence-electron chi connectivity index (χ4n) is 1.73. The molecule has 0 atom stereocenters. The lowest BCUT2D eigenvalue weighted by Crippen LogP contribution is -2.17. The van der Waals surface area contributed by atoms with E-state index >= 15 is 0 Å². The van der Waals surface area contributed by atoms with Gasteiger partial charge in [-0.3, -0.25) is 4.79 Å². The van der Waals surface area contributed by atoms with Crippen LogP contribution in [-0.4, -0.2) is 17.9 Å². The lowest BCUT2D eigenvalue weighted by atomic mass is 10.2. The largest absolute Gasteiger partial charge is 0.319 e. The van der Waals surface area contributed by atoms with Crippen LogP contribution in [0.1, 0.15) is 11.1 Å². The van der Waals surface area contributed by atoms with Gasteiger partial charge in [0.1, 0.15) is 0 Å². The smallest absolute Gasteiger partial charge is 0.250 e. The molecule has 0 fully saturated rings. The van der Waals surface area contributed by atoms with Gasteiger partial charge in [-0.2, -0.15) is 0 Å². The molecule has 0 heterocycles. The van der Waals surface area contributed by atoms with E-state index in [0.29, 0.717) is 5.02 Å². The zero-order chi connectivity index (χ0) is 15.1. The minimum Gasteiger partial charge on any atom is -0.319 e. The summed E-state index contributed by atoms with van der Waals surface area (Å²) in [4.78, 5) is 13.5. The predicted octanol–water partition coefficient (Wildman–Crippen LogP) is 4.48. The fourth-order valence-corrected chi connectivity index (χ4v) is 1.92. The first kappa shape index (κ1) is 15.1. The van der Waals surface area contributed by atoms with Gasteiger partial charge in [0.25, 0.3) is 0 Å². The number of rotatable bonds is 4. The first-order valence-corrected chi connectivity index (χ1v) is 6.97. The van der Waals surface area contributed by atoms with Gasteiger partial charge in [0.05, 0.1) is 0 Å². The standard InChI is InChI=1S/C18H16ClNO/c1-20(14-13-16-9-5-6-10-17(16)19)18(21)12-11-15-7-3-2-4-8-15/h2-14H,1H3/b12-11?,14-13-. The van der Waals surface area contributed by atoms with Crippen molar-refractivity contribution in [3.63, 3.8) is 0 Å². The molecule has 2 aromatic carbocycles.